The molecular formula is C14H27N3O3. The van der Waals surface area contributed by atoms with Gasteiger partial charge in [0.25, 0.3) is 0 Å². The standard InChI is InChI=1S/C14H27N3O3/c1-2-12(18)11-16-5-7-17(8-6-16)14(19)15-10-13-4-3-9-20-13/h12-13,18H,2-11H2,1H3,(H,15,19)/t12-,13-/m0/s1. The highest BCUT2D eigenvalue weighted by atomic mass is 16.5. The number of aliphatic hydroxyl groups is 1. The SMILES string of the molecule is CC[C@H](O)CN1CCN(C(=O)NC[C@@H]2CCCO2)CC1. The third-order valence-corrected chi connectivity index (χ3v) is 4.10. The van der Waals surface area contributed by atoms with E-state index in [0.717, 1.165) is 52.0 Å². The molecular weight excluding hydrogens is 258 g/mol. The summed E-state index contributed by atoms with van der Waals surface area (Å²) in [5, 5.41) is 12.6. The molecule has 2 N–H and O–H groups in total. The van der Waals surface area contributed by atoms with Crippen molar-refractivity contribution in [3.8, 4) is 0 Å². The maximum absolute atomic E-state index is 12.0. The minimum atomic E-state index is -0.255. The summed E-state index contributed by atoms with van der Waals surface area (Å²) >= 11 is 0. The molecule has 0 aromatic carbocycles. The van der Waals surface area contributed by atoms with Crippen LogP contribution in [0.15, 0.2) is 0 Å². The number of hydrogen-bond acceptors (Lipinski definition) is 4. The Balaban J connectivity index is 1.63. The van der Waals surface area contributed by atoms with Crippen LogP contribution in [-0.2, 0) is 4.74 Å². The Kier molecular flexibility index (Phi) is 6.06. The molecule has 2 amide bonds. The Morgan fingerprint density at radius 1 is 1.40 bits per heavy atom. The molecule has 2 rings (SSSR count). The predicted molar refractivity (Wildman–Crippen MR) is 76.7 cm³/mol. The topological polar surface area (TPSA) is 65.0 Å². The second kappa shape index (κ2) is 7.81. The van der Waals surface area contributed by atoms with Gasteiger partial charge in [0.1, 0.15) is 0 Å². The van der Waals surface area contributed by atoms with Crippen molar-refractivity contribution in [3.63, 3.8) is 0 Å². The Hall–Kier alpha value is -0.850. The van der Waals surface area contributed by atoms with Crippen molar-refractivity contribution in [1.29, 1.82) is 0 Å². The fourth-order valence-electron chi connectivity index (χ4n) is 2.68. The molecule has 6 heteroatoms. The fourth-order valence-corrected chi connectivity index (χ4v) is 2.68. The maximum atomic E-state index is 12.0. The number of urea groups is 1. The maximum Gasteiger partial charge on any atom is 0.317 e. The smallest absolute Gasteiger partial charge is 0.317 e. The number of carbonyl (C=O) groups excluding carboxylic acids is 1. The predicted octanol–water partition coefficient (Wildman–Crippen LogP) is 0.264. The first kappa shape index (κ1) is 15.5. The first-order valence-corrected chi connectivity index (χ1v) is 7.74. The lowest BCUT2D eigenvalue weighted by Crippen LogP contribution is -2.53. The summed E-state index contributed by atoms with van der Waals surface area (Å²) in [6, 6.07) is 0.0104. The molecule has 6 nitrogen and oxygen atoms in total. The van der Waals surface area contributed by atoms with Crippen LogP contribution in [0, 0.1) is 0 Å². The van der Waals surface area contributed by atoms with Gasteiger partial charge in [-0.15, -0.1) is 0 Å². The lowest BCUT2D eigenvalue weighted by molar-refractivity contribution is 0.0767. The lowest BCUT2D eigenvalue weighted by atomic mass is 10.2. The van der Waals surface area contributed by atoms with Gasteiger partial charge >= 0.3 is 6.03 Å². The Labute approximate surface area is 121 Å². The van der Waals surface area contributed by atoms with Crippen LogP contribution in [0.3, 0.4) is 0 Å². The quantitative estimate of drug-likeness (QED) is 0.761. The highest BCUT2D eigenvalue weighted by Gasteiger charge is 2.23. The van der Waals surface area contributed by atoms with E-state index in [1.807, 2.05) is 11.8 Å². The number of hydrogen-bond donors (Lipinski definition) is 2. The van der Waals surface area contributed by atoms with Gasteiger partial charge in [0, 0.05) is 45.9 Å². The zero-order valence-electron chi connectivity index (χ0n) is 12.4. The fraction of sp³-hybridized carbons (Fsp3) is 0.929. The summed E-state index contributed by atoms with van der Waals surface area (Å²) in [5.41, 5.74) is 0. The van der Waals surface area contributed by atoms with E-state index >= 15 is 0 Å². The Bertz CT molecular complexity index is 300. The molecule has 2 heterocycles. The average Bonchev–Trinajstić information content (AvgIpc) is 2.98. The summed E-state index contributed by atoms with van der Waals surface area (Å²) in [6.07, 6.45) is 2.86. The first-order chi connectivity index (χ1) is 9.69. The van der Waals surface area contributed by atoms with E-state index in [9.17, 15) is 9.90 Å². The van der Waals surface area contributed by atoms with Gasteiger partial charge in [-0.05, 0) is 19.3 Å². The number of amides is 2. The third-order valence-electron chi connectivity index (χ3n) is 4.10. The second-order valence-corrected chi connectivity index (χ2v) is 5.67. The monoisotopic (exact) mass is 285 g/mol. The van der Waals surface area contributed by atoms with Gasteiger partial charge < -0.3 is 20.1 Å². The van der Waals surface area contributed by atoms with Crippen molar-refractivity contribution < 1.29 is 14.6 Å². The Morgan fingerprint density at radius 2 is 2.15 bits per heavy atom. The van der Waals surface area contributed by atoms with E-state index in [0.29, 0.717) is 13.1 Å². The number of nitrogens with zero attached hydrogens (tertiary/aromatic N) is 2. The van der Waals surface area contributed by atoms with Gasteiger partial charge in [0.05, 0.1) is 12.2 Å². The lowest BCUT2D eigenvalue weighted by Gasteiger charge is -2.35. The van der Waals surface area contributed by atoms with Crippen LogP contribution in [0.5, 0.6) is 0 Å². The van der Waals surface area contributed by atoms with E-state index < -0.39 is 0 Å². The molecule has 2 aliphatic heterocycles. The van der Waals surface area contributed by atoms with Crippen molar-refractivity contribution >= 4 is 6.03 Å². The molecule has 20 heavy (non-hydrogen) atoms. The van der Waals surface area contributed by atoms with E-state index in [-0.39, 0.29) is 18.2 Å². The number of β-amino-alcohol motifs (C(OH)–C–C–N with tert-alkyl or cyclic N) is 1. The molecule has 2 saturated heterocycles. The van der Waals surface area contributed by atoms with Crippen LogP contribution < -0.4 is 5.32 Å². The van der Waals surface area contributed by atoms with E-state index in [4.69, 9.17) is 4.74 Å². The number of piperazine rings is 1. The molecule has 0 radical (unpaired) electrons. The summed E-state index contributed by atoms with van der Waals surface area (Å²) in [6.45, 7) is 7.27. The number of aliphatic hydroxyl groups excluding tert-OH is 1. The zero-order chi connectivity index (χ0) is 14.4. The van der Waals surface area contributed by atoms with Crippen LogP contribution in [0.2, 0.25) is 0 Å². The van der Waals surface area contributed by atoms with Gasteiger partial charge in [-0.25, -0.2) is 4.79 Å². The minimum Gasteiger partial charge on any atom is -0.392 e. The molecule has 0 unspecified atom stereocenters. The van der Waals surface area contributed by atoms with Crippen molar-refractivity contribution in [1.82, 2.24) is 15.1 Å². The normalized spacial score (nSPS) is 25.7. The number of ether oxygens (including phenoxy) is 1. The molecule has 0 aromatic heterocycles. The molecule has 0 aromatic rings. The highest BCUT2D eigenvalue weighted by molar-refractivity contribution is 5.74. The first-order valence-electron chi connectivity index (χ1n) is 7.74. The van der Waals surface area contributed by atoms with Crippen LogP contribution in [0.4, 0.5) is 4.79 Å². The van der Waals surface area contributed by atoms with Crippen molar-refractivity contribution in [2.45, 2.75) is 38.4 Å². The van der Waals surface area contributed by atoms with Gasteiger partial charge in [0.2, 0.25) is 0 Å². The van der Waals surface area contributed by atoms with Crippen LogP contribution in [0.25, 0.3) is 0 Å². The average molecular weight is 285 g/mol. The van der Waals surface area contributed by atoms with Gasteiger partial charge in [-0.2, -0.15) is 0 Å². The third kappa shape index (κ3) is 4.61. The van der Waals surface area contributed by atoms with Crippen molar-refractivity contribution in [3.05, 3.63) is 0 Å². The molecule has 0 aliphatic carbocycles. The van der Waals surface area contributed by atoms with Gasteiger partial charge in [-0.1, -0.05) is 6.92 Å². The minimum absolute atomic E-state index is 0.0104. The number of nitrogens with one attached hydrogen (secondary N) is 1. The van der Waals surface area contributed by atoms with Crippen LogP contribution >= 0.6 is 0 Å². The summed E-state index contributed by atoms with van der Waals surface area (Å²) in [4.78, 5) is 16.1. The zero-order valence-corrected chi connectivity index (χ0v) is 12.4. The summed E-state index contributed by atoms with van der Waals surface area (Å²) in [7, 11) is 0. The highest BCUT2D eigenvalue weighted by Crippen LogP contribution is 2.11. The van der Waals surface area contributed by atoms with E-state index in [1.54, 1.807) is 0 Å². The van der Waals surface area contributed by atoms with E-state index in [1.165, 1.54) is 0 Å². The van der Waals surface area contributed by atoms with Crippen LogP contribution in [0.1, 0.15) is 26.2 Å². The van der Waals surface area contributed by atoms with Crippen LogP contribution in [-0.4, -0.2) is 79.0 Å². The van der Waals surface area contributed by atoms with Crippen molar-refractivity contribution in [2.24, 2.45) is 0 Å². The molecule has 116 valence electrons. The second-order valence-electron chi connectivity index (χ2n) is 5.67. The molecule has 2 fully saturated rings. The van der Waals surface area contributed by atoms with Gasteiger partial charge in [0.15, 0.2) is 0 Å². The van der Waals surface area contributed by atoms with E-state index in [2.05, 4.69) is 10.2 Å². The molecule has 2 atom stereocenters. The molecule has 0 spiro atoms. The number of carbonyl (C=O) groups is 1. The molecule has 0 saturated carbocycles. The largest absolute Gasteiger partial charge is 0.392 e. The van der Waals surface area contributed by atoms with Gasteiger partial charge in [-0.3, -0.25) is 4.90 Å². The summed E-state index contributed by atoms with van der Waals surface area (Å²) < 4.78 is 5.49. The van der Waals surface area contributed by atoms with Crippen molar-refractivity contribution in [2.75, 3.05) is 45.9 Å². The summed E-state index contributed by atoms with van der Waals surface area (Å²) in [5.74, 6) is 0. The molecule has 0 bridgehead atoms. The Morgan fingerprint density at radius 3 is 2.75 bits per heavy atom. The number of rotatable bonds is 5. The molecule has 2 aliphatic rings.